The van der Waals surface area contributed by atoms with Crippen molar-refractivity contribution in [2.24, 2.45) is 0 Å². The molecule has 0 aliphatic heterocycles. The summed E-state index contributed by atoms with van der Waals surface area (Å²) in [5.41, 5.74) is 1.79. The SMILES string of the molecule is Cc1cccc(N(CC(=O)Nc2ccc(Cl)cc2)S(=O)(=O)c2ccc(Cl)cc2)c1. The smallest absolute Gasteiger partial charge is 0.264 e. The Morgan fingerprint density at radius 3 is 2.10 bits per heavy atom. The van der Waals surface area contributed by atoms with Gasteiger partial charge in [0.05, 0.1) is 10.6 Å². The number of sulfonamides is 1. The summed E-state index contributed by atoms with van der Waals surface area (Å²) in [6.07, 6.45) is 0. The lowest BCUT2D eigenvalue weighted by Crippen LogP contribution is -2.38. The molecular formula is C21H18Cl2N2O3S. The molecule has 0 bridgehead atoms. The molecule has 3 aromatic carbocycles. The van der Waals surface area contributed by atoms with Crippen LogP contribution in [0.15, 0.2) is 77.7 Å². The molecule has 29 heavy (non-hydrogen) atoms. The summed E-state index contributed by atoms with van der Waals surface area (Å²) in [7, 11) is -3.99. The zero-order chi connectivity index (χ0) is 21.0. The summed E-state index contributed by atoms with van der Waals surface area (Å²) in [6.45, 7) is 1.46. The van der Waals surface area contributed by atoms with Crippen LogP contribution in [0.25, 0.3) is 0 Å². The summed E-state index contributed by atoms with van der Waals surface area (Å²) in [4.78, 5) is 12.7. The van der Waals surface area contributed by atoms with E-state index in [-0.39, 0.29) is 4.90 Å². The highest BCUT2D eigenvalue weighted by atomic mass is 35.5. The van der Waals surface area contributed by atoms with Crippen molar-refractivity contribution in [2.75, 3.05) is 16.2 Å². The zero-order valence-electron chi connectivity index (χ0n) is 15.5. The molecule has 0 heterocycles. The number of carbonyl (C=O) groups excluding carboxylic acids is 1. The average Bonchev–Trinajstić information content (AvgIpc) is 2.68. The first-order chi connectivity index (χ1) is 13.8. The maximum Gasteiger partial charge on any atom is 0.264 e. The quantitative estimate of drug-likeness (QED) is 0.567. The molecule has 0 spiro atoms. The molecule has 0 fully saturated rings. The van der Waals surface area contributed by atoms with Crippen molar-refractivity contribution in [2.45, 2.75) is 11.8 Å². The van der Waals surface area contributed by atoms with Crippen LogP contribution >= 0.6 is 23.2 Å². The molecule has 5 nitrogen and oxygen atoms in total. The first-order valence-corrected chi connectivity index (χ1v) is 10.9. The Labute approximate surface area is 179 Å². The maximum atomic E-state index is 13.3. The number of rotatable bonds is 6. The van der Waals surface area contributed by atoms with Gasteiger partial charge in [0.1, 0.15) is 6.54 Å². The Kier molecular flexibility index (Phi) is 6.47. The minimum Gasteiger partial charge on any atom is -0.325 e. The number of halogens is 2. The predicted molar refractivity (Wildman–Crippen MR) is 117 cm³/mol. The molecular weight excluding hydrogens is 431 g/mol. The van der Waals surface area contributed by atoms with Crippen molar-refractivity contribution in [1.29, 1.82) is 0 Å². The Balaban J connectivity index is 1.93. The van der Waals surface area contributed by atoms with Crippen LogP contribution in [-0.2, 0) is 14.8 Å². The third-order valence-electron chi connectivity index (χ3n) is 4.11. The van der Waals surface area contributed by atoms with Crippen LogP contribution < -0.4 is 9.62 Å². The van der Waals surface area contributed by atoms with Gasteiger partial charge in [0.15, 0.2) is 0 Å². The normalized spacial score (nSPS) is 11.1. The predicted octanol–water partition coefficient (Wildman–Crippen LogP) is 5.14. The number of anilines is 2. The lowest BCUT2D eigenvalue weighted by atomic mass is 10.2. The van der Waals surface area contributed by atoms with Gasteiger partial charge in [-0.3, -0.25) is 9.10 Å². The van der Waals surface area contributed by atoms with Crippen molar-refractivity contribution in [3.8, 4) is 0 Å². The fourth-order valence-corrected chi connectivity index (χ4v) is 4.36. The monoisotopic (exact) mass is 448 g/mol. The van der Waals surface area contributed by atoms with E-state index in [1.54, 1.807) is 42.5 Å². The molecule has 150 valence electrons. The minimum atomic E-state index is -3.99. The van der Waals surface area contributed by atoms with E-state index in [2.05, 4.69) is 5.32 Å². The van der Waals surface area contributed by atoms with Crippen LogP contribution in [0.5, 0.6) is 0 Å². The van der Waals surface area contributed by atoms with E-state index in [1.165, 1.54) is 24.3 Å². The third-order valence-corrected chi connectivity index (χ3v) is 6.40. The highest BCUT2D eigenvalue weighted by Crippen LogP contribution is 2.25. The number of nitrogens with one attached hydrogen (secondary N) is 1. The summed E-state index contributed by atoms with van der Waals surface area (Å²) < 4.78 is 27.6. The van der Waals surface area contributed by atoms with E-state index in [0.29, 0.717) is 21.4 Å². The second kappa shape index (κ2) is 8.86. The largest absolute Gasteiger partial charge is 0.325 e. The topological polar surface area (TPSA) is 66.5 Å². The first kappa shape index (κ1) is 21.2. The number of aryl methyl sites for hydroxylation is 1. The van der Waals surface area contributed by atoms with Crippen LogP contribution in [0.3, 0.4) is 0 Å². The molecule has 3 aromatic rings. The maximum absolute atomic E-state index is 13.3. The number of nitrogens with zero attached hydrogens (tertiary/aromatic N) is 1. The second-order valence-electron chi connectivity index (χ2n) is 6.36. The van der Waals surface area contributed by atoms with Gasteiger partial charge in [-0.1, -0.05) is 35.3 Å². The molecule has 0 aliphatic rings. The van der Waals surface area contributed by atoms with Gasteiger partial charge in [-0.25, -0.2) is 8.42 Å². The van der Waals surface area contributed by atoms with Gasteiger partial charge in [-0.05, 0) is 73.2 Å². The van der Waals surface area contributed by atoms with E-state index in [9.17, 15) is 13.2 Å². The standard InChI is InChI=1S/C21H18Cl2N2O3S/c1-15-3-2-4-19(13-15)25(29(27,28)20-11-7-17(23)8-12-20)14-21(26)24-18-9-5-16(22)6-10-18/h2-13H,14H2,1H3,(H,24,26). The second-order valence-corrected chi connectivity index (χ2v) is 9.09. The number of hydrogen-bond donors (Lipinski definition) is 1. The van der Waals surface area contributed by atoms with Crippen molar-refractivity contribution in [3.63, 3.8) is 0 Å². The molecule has 1 amide bonds. The molecule has 0 unspecified atom stereocenters. The van der Waals surface area contributed by atoms with Gasteiger partial charge >= 0.3 is 0 Å². The zero-order valence-corrected chi connectivity index (χ0v) is 17.8. The van der Waals surface area contributed by atoms with Crippen LogP contribution in [0, 0.1) is 6.92 Å². The van der Waals surface area contributed by atoms with Crippen molar-refractivity contribution < 1.29 is 13.2 Å². The Morgan fingerprint density at radius 1 is 0.931 bits per heavy atom. The number of hydrogen-bond acceptors (Lipinski definition) is 3. The molecule has 1 N–H and O–H groups in total. The number of carbonyl (C=O) groups is 1. The van der Waals surface area contributed by atoms with E-state index < -0.39 is 22.5 Å². The van der Waals surface area contributed by atoms with Gasteiger partial charge in [0.2, 0.25) is 5.91 Å². The van der Waals surface area contributed by atoms with E-state index >= 15 is 0 Å². The highest BCUT2D eigenvalue weighted by Gasteiger charge is 2.27. The van der Waals surface area contributed by atoms with E-state index in [0.717, 1.165) is 9.87 Å². The van der Waals surface area contributed by atoms with Gasteiger partial charge in [-0.15, -0.1) is 0 Å². The lowest BCUT2D eigenvalue weighted by molar-refractivity contribution is -0.114. The molecule has 0 aromatic heterocycles. The number of amides is 1. The van der Waals surface area contributed by atoms with Gasteiger partial charge < -0.3 is 5.32 Å². The van der Waals surface area contributed by atoms with Crippen LogP contribution in [0.1, 0.15) is 5.56 Å². The third kappa shape index (κ3) is 5.29. The van der Waals surface area contributed by atoms with Crippen molar-refractivity contribution in [3.05, 3.63) is 88.4 Å². The van der Waals surface area contributed by atoms with Gasteiger partial charge in [0.25, 0.3) is 10.0 Å². The minimum absolute atomic E-state index is 0.0442. The van der Waals surface area contributed by atoms with Crippen molar-refractivity contribution >= 4 is 50.5 Å². The molecule has 0 saturated carbocycles. The van der Waals surface area contributed by atoms with E-state index in [4.69, 9.17) is 23.2 Å². The van der Waals surface area contributed by atoms with Gasteiger partial charge in [-0.2, -0.15) is 0 Å². The summed E-state index contributed by atoms with van der Waals surface area (Å²) in [5, 5.41) is 3.65. The highest BCUT2D eigenvalue weighted by molar-refractivity contribution is 7.92. The molecule has 0 aliphatic carbocycles. The fraction of sp³-hybridized carbons (Fsp3) is 0.0952. The molecule has 0 radical (unpaired) electrons. The van der Waals surface area contributed by atoms with Crippen molar-refractivity contribution in [1.82, 2.24) is 0 Å². The van der Waals surface area contributed by atoms with E-state index in [1.807, 2.05) is 13.0 Å². The van der Waals surface area contributed by atoms with Crippen LogP contribution in [0.2, 0.25) is 10.0 Å². The first-order valence-electron chi connectivity index (χ1n) is 8.66. The van der Waals surface area contributed by atoms with Gasteiger partial charge in [0, 0.05) is 15.7 Å². The summed E-state index contributed by atoms with van der Waals surface area (Å²) in [6, 6.07) is 19.3. The summed E-state index contributed by atoms with van der Waals surface area (Å²) >= 11 is 11.7. The molecule has 3 rings (SSSR count). The Morgan fingerprint density at radius 2 is 1.52 bits per heavy atom. The van der Waals surface area contributed by atoms with Crippen LogP contribution in [-0.4, -0.2) is 20.9 Å². The van der Waals surface area contributed by atoms with Crippen LogP contribution in [0.4, 0.5) is 11.4 Å². The number of benzene rings is 3. The Bertz CT molecular complexity index is 1120. The molecule has 8 heteroatoms. The Hall–Kier alpha value is -2.54. The fourth-order valence-electron chi connectivity index (χ4n) is 2.70. The average molecular weight is 449 g/mol. The molecule has 0 atom stereocenters. The lowest BCUT2D eigenvalue weighted by Gasteiger charge is -2.24. The molecule has 0 saturated heterocycles. The summed E-state index contributed by atoms with van der Waals surface area (Å²) in [5.74, 6) is -0.480.